The van der Waals surface area contributed by atoms with Crippen LogP contribution in [0.1, 0.15) is 21.6 Å². The second-order valence-electron chi connectivity index (χ2n) is 5.30. The Morgan fingerprint density at radius 3 is 2.63 bits per heavy atom. The predicted octanol–water partition coefficient (Wildman–Crippen LogP) is 0.430. The van der Waals surface area contributed by atoms with Crippen LogP contribution in [0.4, 0.5) is 0 Å². The quantitative estimate of drug-likeness (QED) is 0.704. The molecule has 2 N–H and O–H groups in total. The lowest BCUT2D eigenvalue weighted by Crippen LogP contribution is -2.28. The maximum atomic E-state index is 12.2. The number of carbonyl (C=O) groups excluding carboxylic acids is 1. The second-order valence-corrected chi connectivity index (χ2v) is 5.30. The largest absolute Gasteiger partial charge is 0.390 e. The van der Waals surface area contributed by atoms with E-state index in [2.05, 4.69) is 5.32 Å². The summed E-state index contributed by atoms with van der Waals surface area (Å²) in [5.41, 5.74) is 2.69. The van der Waals surface area contributed by atoms with Crippen LogP contribution in [0.2, 0.25) is 0 Å². The Morgan fingerprint density at radius 2 is 2.11 bits per heavy atom. The van der Waals surface area contributed by atoms with E-state index in [1.54, 1.807) is 0 Å². The summed E-state index contributed by atoms with van der Waals surface area (Å²) >= 11 is 0. The van der Waals surface area contributed by atoms with Crippen LogP contribution < -0.4 is 5.32 Å². The third kappa shape index (κ3) is 4.16. The topological polar surface area (TPSA) is 57.5 Å². The van der Waals surface area contributed by atoms with Gasteiger partial charge in [0, 0.05) is 30.5 Å². The Kier molecular flexibility index (Phi) is 5.72. The molecule has 1 heterocycles. The summed E-state index contributed by atoms with van der Waals surface area (Å²) in [5, 5.41) is 12.8. The average molecular weight is 267 g/mol. The molecule has 0 saturated heterocycles. The Labute approximate surface area is 115 Å². The van der Waals surface area contributed by atoms with Gasteiger partial charge in [-0.2, -0.15) is 0 Å². The van der Waals surface area contributed by atoms with Crippen molar-refractivity contribution in [3.8, 4) is 0 Å². The molecule has 0 aliphatic rings. The van der Waals surface area contributed by atoms with Gasteiger partial charge in [-0.05, 0) is 40.6 Å². The molecule has 0 bridgehead atoms. The van der Waals surface area contributed by atoms with Crippen molar-refractivity contribution in [3.05, 3.63) is 23.0 Å². The zero-order chi connectivity index (χ0) is 14.6. The van der Waals surface area contributed by atoms with E-state index in [0.717, 1.165) is 16.8 Å². The fraction of sp³-hybridized carbons (Fsp3) is 0.643. The van der Waals surface area contributed by atoms with Crippen molar-refractivity contribution in [3.63, 3.8) is 0 Å². The molecule has 0 spiro atoms. The Morgan fingerprint density at radius 1 is 1.47 bits per heavy atom. The number of hydrogen-bond acceptors (Lipinski definition) is 4. The van der Waals surface area contributed by atoms with E-state index in [0.29, 0.717) is 19.6 Å². The molecular formula is C14H25N3O2. The van der Waals surface area contributed by atoms with Crippen molar-refractivity contribution < 1.29 is 9.90 Å². The number of nitrogens with one attached hydrogen (secondary N) is 1. The molecular weight excluding hydrogens is 242 g/mol. The lowest BCUT2D eigenvalue weighted by molar-refractivity contribution is 0.0956. The van der Waals surface area contributed by atoms with Gasteiger partial charge in [0.1, 0.15) is 0 Å². The van der Waals surface area contributed by atoms with Crippen LogP contribution in [0, 0.1) is 13.8 Å². The van der Waals surface area contributed by atoms with Crippen LogP contribution in [-0.2, 0) is 6.54 Å². The first kappa shape index (κ1) is 15.9. The molecule has 1 unspecified atom stereocenters. The number of hydrogen-bond donors (Lipinski definition) is 2. The summed E-state index contributed by atoms with van der Waals surface area (Å²) in [7, 11) is 5.58. The number of likely N-dealkylation sites (N-methyl/N-ethyl adjacent to an activating group) is 2. The molecule has 0 aromatic carbocycles. The van der Waals surface area contributed by atoms with Crippen molar-refractivity contribution in [2.24, 2.45) is 0 Å². The van der Waals surface area contributed by atoms with Crippen LogP contribution >= 0.6 is 0 Å². The maximum absolute atomic E-state index is 12.2. The highest BCUT2D eigenvalue weighted by Gasteiger charge is 2.18. The third-order valence-electron chi connectivity index (χ3n) is 3.12. The van der Waals surface area contributed by atoms with Gasteiger partial charge in [-0.25, -0.2) is 0 Å². The molecule has 5 heteroatoms. The van der Waals surface area contributed by atoms with E-state index in [1.165, 1.54) is 0 Å². The first-order valence-electron chi connectivity index (χ1n) is 6.53. The number of aryl methyl sites for hydroxylation is 1. The minimum absolute atomic E-state index is 0.127. The minimum atomic E-state index is -0.452. The maximum Gasteiger partial charge on any atom is 0.178 e. The number of rotatable bonds is 7. The van der Waals surface area contributed by atoms with Gasteiger partial charge in [-0.3, -0.25) is 4.79 Å². The molecule has 1 rings (SSSR count). The van der Waals surface area contributed by atoms with E-state index in [1.807, 2.05) is 50.7 Å². The molecule has 0 aliphatic carbocycles. The lowest BCUT2D eigenvalue weighted by Gasteiger charge is -2.13. The van der Waals surface area contributed by atoms with Crippen LogP contribution in [0.5, 0.6) is 0 Å². The SMILES string of the molecule is CNCC(O)Cn1cc(C)c(C(=O)CN(C)C)c1C. The Bertz CT molecular complexity index is 438. The standard InChI is InChI=1S/C14H25N3O2/c1-10-7-17(8-12(18)6-15-3)11(2)14(10)13(19)9-16(4)5/h7,12,15,18H,6,8-9H2,1-5H3. The first-order valence-corrected chi connectivity index (χ1v) is 6.53. The third-order valence-corrected chi connectivity index (χ3v) is 3.12. The van der Waals surface area contributed by atoms with E-state index in [-0.39, 0.29) is 5.78 Å². The average Bonchev–Trinajstić information content (AvgIpc) is 2.53. The van der Waals surface area contributed by atoms with Gasteiger partial charge in [0.15, 0.2) is 5.78 Å². The fourth-order valence-corrected chi connectivity index (χ4v) is 2.33. The van der Waals surface area contributed by atoms with Crippen LogP contribution in [0.25, 0.3) is 0 Å². The number of aliphatic hydroxyl groups is 1. The van der Waals surface area contributed by atoms with E-state index in [4.69, 9.17) is 0 Å². The van der Waals surface area contributed by atoms with Crippen molar-refractivity contribution in [1.29, 1.82) is 0 Å². The van der Waals surface area contributed by atoms with Gasteiger partial charge in [0.2, 0.25) is 0 Å². The highest BCUT2D eigenvalue weighted by atomic mass is 16.3. The lowest BCUT2D eigenvalue weighted by atomic mass is 10.1. The molecule has 1 atom stereocenters. The Balaban J connectivity index is 2.91. The van der Waals surface area contributed by atoms with Crippen molar-refractivity contribution in [1.82, 2.24) is 14.8 Å². The molecule has 5 nitrogen and oxygen atoms in total. The number of nitrogens with zero attached hydrogens (tertiary/aromatic N) is 2. The number of carbonyl (C=O) groups is 1. The van der Waals surface area contributed by atoms with Gasteiger partial charge in [0.25, 0.3) is 0 Å². The highest BCUT2D eigenvalue weighted by Crippen LogP contribution is 2.17. The first-order chi connectivity index (χ1) is 8.86. The zero-order valence-electron chi connectivity index (χ0n) is 12.5. The summed E-state index contributed by atoms with van der Waals surface area (Å²) < 4.78 is 1.96. The van der Waals surface area contributed by atoms with Crippen molar-refractivity contribution in [2.45, 2.75) is 26.5 Å². The molecule has 19 heavy (non-hydrogen) atoms. The number of aliphatic hydroxyl groups excluding tert-OH is 1. The van der Waals surface area contributed by atoms with Gasteiger partial charge < -0.3 is 19.9 Å². The molecule has 0 saturated carbocycles. The molecule has 0 amide bonds. The van der Waals surface area contributed by atoms with Crippen molar-refractivity contribution in [2.75, 3.05) is 34.2 Å². The second kappa shape index (κ2) is 6.84. The monoisotopic (exact) mass is 267 g/mol. The summed E-state index contributed by atoms with van der Waals surface area (Å²) in [6, 6.07) is 0. The van der Waals surface area contributed by atoms with Crippen LogP contribution in [0.3, 0.4) is 0 Å². The molecule has 0 fully saturated rings. The minimum Gasteiger partial charge on any atom is -0.390 e. The normalized spacial score (nSPS) is 13.0. The number of ketones is 1. The van der Waals surface area contributed by atoms with E-state index in [9.17, 15) is 9.90 Å². The number of Topliss-reactive ketones (excluding diaryl/α,β-unsaturated/α-hetero) is 1. The van der Waals surface area contributed by atoms with Gasteiger partial charge in [-0.1, -0.05) is 0 Å². The summed E-state index contributed by atoms with van der Waals surface area (Å²) in [6.07, 6.45) is 1.49. The molecule has 1 aromatic heterocycles. The summed E-state index contributed by atoms with van der Waals surface area (Å²) in [5.74, 6) is 0.127. The van der Waals surface area contributed by atoms with Gasteiger partial charge >= 0.3 is 0 Å². The Hall–Kier alpha value is -1.17. The summed E-state index contributed by atoms with van der Waals surface area (Å²) in [4.78, 5) is 14.1. The summed E-state index contributed by atoms with van der Waals surface area (Å²) in [6.45, 7) is 5.32. The molecule has 108 valence electrons. The predicted molar refractivity (Wildman–Crippen MR) is 76.7 cm³/mol. The zero-order valence-corrected chi connectivity index (χ0v) is 12.5. The molecule has 0 aliphatic heterocycles. The smallest absolute Gasteiger partial charge is 0.178 e. The van der Waals surface area contributed by atoms with Crippen molar-refractivity contribution >= 4 is 5.78 Å². The van der Waals surface area contributed by atoms with Crippen LogP contribution in [-0.4, -0.2) is 60.7 Å². The van der Waals surface area contributed by atoms with E-state index >= 15 is 0 Å². The molecule has 0 radical (unpaired) electrons. The highest BCUT2D eigenvalue weighted by molar-refractivity contribution is 6.00. The van der Waals surface area contributed by atoms with Gasteiger partial charge in [0.05, 0.1) is 12.6 Å². The fourth-order valence-electron chi connectivity index (χ4n) is 2.33. The molecule has 1 aromatic rings. The van der Waals surface area contributed by atoms with E-state index < -0.39 is 6.10 Å². The van der Waals surface area contributed by atoms with Crippen LogP contribution in [0.15, 0.2) is 6.20 Å². The van der Waals surface area contributed by atoms with Gasteiger partial charge in [-0.15, -0.1) is 0 Å². The number of aromatic nitrogens is 1.